The third kappa shape index (κ3) is 3.44. The zero-order valence-corrected chi connectivity index (χ0v) is 11.3. The van der Waals surface area contributed by atoms with Crippen LogP contribution in [0.2, 0.25) is 0 Å². The van der Waals surface area contributed by atoms with Crippen molar-refractivity contribution in [2.45, 2.75) is 39.5 Å². The molecule has 0 aromatic heterocycles. The van der Waals surface area contributed by atoms with E-state index in [2.05, 4.69) is 9.80 Å². The second kappa shape index (κ2) is 5.85. The predicted octanol–water partition coefficient (Wildman–Crippen LogP) is 1.98. The molecule has 0 saturated carbocycles. The molecule has 0 aliphatic carbocycles. The Labute approximate surface area is 105 Å². The summed E-state index contributed by atoms with van der Waals surface area (Å²) in [7, 11) is 0. The van der Waals surface area contributed by atoms with E-state index in [0.29, 0.717) is 5.91 Å². The first-order chi connectivity index (χ1) is 8.16. The Kier molecular flexibility index (Phi) is 4.43. The maximum absolute atomic E-state index is 11.9. The van der Waals surface area contributed by atoms with Crippen LogP contribution in [0.3, 0.4) is 0 Å². The van der Waals surface area contributed by atoms with Gasteiger partial charge in [0.15, 0.2) is 0 Å². The monoisotopic (exact) mass is 238 g/mol. The number of hydrogen-bond donors (Lipinski definition) is 0. The molecule has 2 heterocycles. The highest BCUT2D eigenvalue weighted by Gasteiger charge is 2.25. The minimum atomic E-state index is 0.158. The molecule has 0 bridgehead atoms. The van der Waals surface area contributed by atoms with Crippen LogP contribution in [-0.4, -0.2) is 48.4 Å². The van der Waals surface area contributed by atoms with Gasteiger partial charge in [-0.1, -0.05) is 13.8 Å². The minimum absolute atomic E-state index is 0.158. The minimum Gasteiger partial charge on any atom is -0.342 e. The van der Waals surface area contributed by atoms with E-state index in [1.54, 1.807) is 0 Å². The number of carbonyl (C=O) groups excluding carboxylic acids is 1. The van der Waals surface area contributed by atoms with Crippen LogP contribution < -0.4 is 0 Å². The van der Waals surface area contributed by atoms with E-state index >= 15 is 0 Å². The lowest BCUT2D eigenvalue weighted by atomic mass is 9.95. The highest BCUT2D eigenvalue weighted by Crippen LogP contribution is 2.21. The summed E-state index contributed by atoms with van der Waals surface area (Å²) >= 11 is 0. The third-order valence-electron chi connectivity index (χ3n) is 4.14. The van der Waals surface area contributed by atoms with Crippen molar-refractivity contribution < 1.29 is 4.79 Å². The van der Waals surface area contributed by atoms with Crippen LogP contribution in [0.15, 0.2) is 0 Å². The first-order valence-electron chi connectivity index (χ1n) is 7.18. The summed E-state index contributed by atoms with van der Waals surface area (Å²) in [5.74, 6) is 1.32. The average Bonchev–Trinajstić information content (AvgIpc) is 2.82. The van der Waals surface area contributed by atoms with Gasteiger partial charge in [-0.25, -0.2) is 0 Å². The lowest BCUT2D eigenvalue weighted by molar-refractivity contribution is -0.135. The number of piperidine rings is 1. The fourth-order valence-corrected chi connectivity index (χ4v) is 3.03. The van der Waals surface area contributed by atoms with Gasteiger partial charge >= 0.3 is 0 Å². The molecule has 0 atom stereocenters. The maximum atomic E-state index is 11.9. The van der Waals surface area contributed by atoms with Gasteiger partial charge in [0.05, 0.1) is 0 Å². The van der Waals surface area contributed by atoms with Gasteiger partial charge in [0.1, 0.15) is 0 Å². The van der Waals surface area contributed by atoms with E-state index < -0.39 is 0 Å². The molecule has 0 aromatic rings. The van der Waals surface area contributed by atoms with Gasteiger partial charge in [0.25, 0.3) is 0 Å². The van der Waals surface area contributed by atoms with E-state index in [-0.39, 0.29) is 5.92 Å². The van der Waals surface area contributed by atoms with Crippen LogP contribution in [0.25, 0.3) is 0 Å². The Hall–Kier alpha value is -0.570. The van der Waals surface area contributed by atoms with Gasteiger partial charge in [-0.15, -0.1) is 0 Å². The summed E-state index contributed by atoms with van der Waals surface area (Å²) in [5.41, 5.74) is 0. The summed E-state index contributed by atoms with van der Waals surface area (Å²) in [6, 6.07) is 0. The molecule has 0 unspecified atom stereocenters. The molecule has 2 saturated heterocycles. The molecular formula is C14H26N2O. The van der Waals surface area contributed by atoms with Crippen molar-refractivity contribution in [3.05, 3.63) is 0 Å². The Balaban J connectivity index is 1.72. The number of hydrogen-bond acceptors (Lipinski definition) is 2. The summed E-state index contributed by atoms with van der Waals surface area (Å²) in [5, 5.41) is 0. The van der Waals surface area contributed by atoms with Gasteiger partial charge in [0.2, 0.25) is 5.91 Å². The summed E-state index contributed by atoms with van der Waals surface area (Å²) < 4.78 is 0. The first-order valence-corrected chi connectivity index (χ1v) is 7.18. The Morgan fingerprint density at radius 2 is 1.71 bits per heavy atom. The SMILES string of the molecule is CC(C)C(=O)N1CCC(CN2CCCC2)CC1. The van der Waals surface area contributed by atoms with Crippen LogP contribution in [-0.2, 0) is 4.79 Å². The van der Waals surface area contributed by atoms with E-state index in [1.165, 1.54) is 45.3 Å². The maximum Gasteiger partial charge on any atom is 0.225 e. The second-order valence-electron chi connectivity index (χ2n) is 5.93. The van der Waals surface area contributed by atoms with Crippen molar-refractivity contribution in [2.75, 3.05) is 32.7 Å². The van der Waals surface area contributed by atoms with Gasteiger partial charge in [-0.2, -0.15) is 0 Å². The number of carbonyl (C=O) groups is 1. The van der Waals surface area contributed by atoms with Crippen molar-refractivity contribution in [3.8, 4) is 0 Å². The topological polar surface area (TPSA) is 23.6 Å². The quantitative estimate of drug-likeness (QED) is 0.750. The van der Waals surface area contributed by atoms with Crippen LogP contribution >= 0.6 is 0 Å². The molecule has 3 heteroatoms. The van der Waals surface area contributed by atoms with Crippen molar-refractivity contribution in [3.63, 3.8) is 0 Å². The zero-order valence-electron chi connectivity index (χ0n) is 11.3. The van der Waals surface area contributed by atoms with Crippen molar-refractivity contribution in [1.29, 1.82) is 0 Å². The molecule has 17 heavy (non-hydrogen) atoms. The van der Waals surface area contributed by atoms with Gasteiger partial charge in [0, 0.05) is 25.6 Å². The predicted molar refractivity (Wildman–Crippen MR) is 69.8 cm³/mol. The molecule has 2 rings (SSSR count). The highest BCUT2D eigenvalue weighted by molar-refractivity contribution is 5.78. The molecule has 2 aliphatic heterocycles. The molecule has 0 radical (unpaired) electrons. The Bertz CT molecular complexity index is 251. The molecule has 0 spiro atoms. The van der Waals surface area contributed by atoms with Crippen LogP contribution in [0, 0.1) is 11.8 Å². The van der Waals surface area contributed by atoms with Gasteiger partial charge < -0.3 is 9.80 Å². The third-order valence-corrected chi connectivity index (χ3v) is 4.14. The Morgan fingerprint density at radius 1 is 1.12 bits per heavy atom. The van der Waals surface area contributed by atoms with Crippen LogP contribution in [0.1, 0.15) is 39.5 Å². The molecule has 2 aliphatic rings. The molecule has 1 amide bonds. The summed E-state index contributed by atoms with van der Waals surface area (Å²) in [6.45, 7) is 9.82. The van der Waals surface area contributed by atoms with E-state index in [4.69, 9.17) is 0 Å². The number of rotatable bonds is 3. The van der Waals surface area contributed by atoms with Gasteiger partial charge in [-0.3, -0.25) is 4.79 Å². The van der Waals surface area contributed by atoms with Crippen molar-refractivity contribution in [1.82, 2.24) is 9.80 Å². The van der Waals surface area contributed by atoms with Crippen molar-refractivity contribution >= 4 is 5.91 Å². The molecule has 0 aromatic carbocycles. The van der Waals surface area contributed by atoms with E-state index in [9.17, 15) is 4.79 Å². The van der Waals surface area contributed by atoms with Gasteiger partial charge in [-0.05, 0) is 44.7 Å². The fourth-order valence-electron chi connectivity index (χ4n) is 3.03. The fraction of sp³-hybridized carbons (Fsp3) is 0.929. The van der Waals surface area contributed by atoms with E-state index in [0.717, 1.165) is 19.0 Å². The molecule has 0 N–H and O–H groups in total. The largest absolute Gasteiger partial charge is 0.342 e. The standard InChI is InChI=1S/C14H26N2O/c1-12(2)14(17)16-9-5-13(6-10-16)11-15-7-3-4-8-15/h12-13H,3-11H2,1-2H3. The number of amides is 1. The zero-order chi connectivity index (χ0) is 12.3. The number of likely N-dealkylation sites (tertiary alicyclic amines) is 2. The van der Waals surface area contributed by atoms with Crippen LogP contribution in [0.5, 0.6) is 0 Å². The van der Waals surface area contributed by atoms with Crippen LogP contribution in [0.4, 0.5) is 0 Å². The second-order valence-corrected chi connectivity index (χ2v) is 5.93. The molecular weight excluding hydrogens is 212 g/mol. The first kappa shape index (κ1) is 12.9. The number of nitrogens with zero attached hydrogens (tertiary/aromatic N) is 2. The lowest BCUT2D eigenvalue weighted by Crippen LogP contribution is -2.42. The Morgan fingerprint density at radius 3 is 2.24 bits per heavy atom. The smallest absolute Gasteiger partial charge is 0.225 e. The highest BCUT2D eigenvalue weighted by atomic mass is 16.2. The van der Waals surface area contributed by atoms with Crippen molar-refractivity contribution in [2.24, 2.45) is 11.8 Å². The van der Waals surface area contributed by atoms with E-state index in [1.807, 2.05) is 13.8 Å². The summed E-state index contributed by atoms with van der Waals surface area (Å²) in [6.07, 6.45) is 5.17. The normalized spacial score (nSPS) is 23.6. The average molecular weight is 238 g/mol. The molecule has 98 valence electrons. The lowest BCUT2D eigenvalue weighted by Gasteiger charge is -2.34. The molecule has 3 nitrogen and oxygen atoms in total. The molecule has 2 fully saturated rings. The summed E-state index contributed by atoms with van der Waals surface area (Å²) in [4.78, 5) is 16.5.